The third-order valence-corrected chi connectivity index (χ3v) is 4.84. The number of fused-ring (bicyclic) bond motifs is 3. The number of carbonyl (C=O) groups is 1. The zero-order chi connectivity index (χ0) is 21.6. The number of halogens is 3. The van der Waals surface area contributed by atoms with E-state index in [0.717, 1.165) is 17.7 Å². The molecule has 0 saturated carbocycles. The molecule has 0 radical (unpaired) electrons. The van der Waals surface area contributed by atoms with Gasteiger partial charge in [-0.25, -0.2) is 9.97 Å². The zero-order valence-electron chi connectivity index (χ0n) is 16.0. The molecule has 0 fully saturated rings. The molecule has 2 heterocycles. The first-order valence-electron chi connectivity index (χ1n) is 8.92. The van der Waals surface area contributed by atoms with E-state index >= 15 is 0 Å². The number of alkyl halides is 3. The Labute approximate surface area is 168 Å². The molecule has 0 aliphatic heterocycles. The van der Waals surface area contributed by atoms with Crippen molar-refractivity contribution in [3.63, 3.8) is 0 Å². The average Bonchev–Trinajstić information content (AvgIpc) is 3.04. The summed E-state index contributed by atoms with van der Waals surface area (Å²) in [5, 5.41) is 6.98. The highest BCUT2D eigenvalue weighted by molar-refractivity contribution is 5.94. The lowest BCUT2D eigenvalue weighted by atomic mass is 9.93. The number of hydrogen-bond donors (Lipinski definition) is 2. The van der Waals surface area contributed by atoms with Crippen LogP contribution in [0.2, 0.25) is 0 Å². The van der Waals surface area contributed by atoms with Crippen molar-refractivity contribution in [2.75, 3.05) is 12.4 Å². The predicted octanol–water partition coefficient (Wildman–Crippen LogP) is 2.85. The number of methoxy groups -OCH3 is 1. The number of carbonyl (C=O) groups excluding carboxylic acids is 1. The fourth-order valence-corrected chi connectivity index (χ4v) is 3.50. The molecule has 3 N–H and O–H groups in total. The molecule has 0 bridgehead atoms. The van der Waals surface area contributed by atoms with Gasteiger partial charge in [0, 0.05) is 30.6 Å². The first-order valence-corrected chi connectivity index (χ1v) is 8.92. The Morgan fingerprint density at radius 1 is 1.27 bits per heavy atom. The maximum Gasteiger partial charge on any atom is 0.416 e. The molecule has 1 aliphatic carbocycles. The second kappa shape index (κ2) is 7.01. The predicted molar refractivity (Wildman–Crippen MR) is 101 cm³/mol. The van der Waals surface area contributed by atoms with Gasteiger partial charge in [0.1, 0.15) is 5.75 Å². The molecule has 1 aliphatic rings. The highest BCUT2D eigenvalue weighted by Crippen LogP contribution is 2.36. The third kappa shape index (κ3) is 3.42. The molecule has 30 heavy (non-hydrogen) atoms. The third-order valence-electron chi connectivity index (χ3n) is 4.84. The molecular formula is C19H17F3N6O2. The number of ether oxygens (including phenoxy) is 1. The van der Waals surface area contributed by atoms with Gasteiger partial charge >= 0.3 is 6.18 Å². The Morgan fingerprint density at radius 2 is 2.03 bits per heavy atom. The van der Waals surface area contributed by atoms with Crippen molar-refractivity contribution in [2.24, 2.45) is 12.8 Å². The quantitative estimate of drug-likeness (QED) is 0.675. The van der Waals surface area contributed by atoms with Crippen LogP contribution < -0.4 is 15.8 Å². The van der Waals surface area contributed by atoms with Gasteiger partial charge in [0.15, 0.2) is 5.69 Å². The number of nitrogens with two attached hydrogens (primary N) is 1. The smallest absolute Gasteiger partial charge is 0.416 e. The summed E-state index contributed by atoms with van der Waals surface area (Å²) in [5.74, 6) is -0.478. The number of anilines is 2. The molecule has 2 aromatic heterocycles. The molecule has 0 atom stereocenters. The van der Waals surface area contributed by atoms with Crippen LogP contribution in [0.3, 0.4) is 0 Å². The minimum Gasteiger partial charge on any atom is -0.497 e. The van der Waals surface area contributed by atoms with Crippen LogP contribution in [0.4, 0.5) is 24.8 Å². The van der Waals surface area contributed by atoms with Gasteiger partial charge in [0.05, 0.1) is 24.1 Å². The second-order valence-corrected chi connectivity index (χ2v) is 6.80. The zero-order valence-corrected chi connectivity index (χ0v) is 16.0. The number of aryl methyl sites for hydroxylation is 2. The SMILES string of the molecule is COc1cc(Nc2ncc3c(n2)-c2c(c(C(N)=O)nn2C)CC3)cc(C(F)(F)F)c1. The molecule has 11 heteroatoms. The Morgan fingerprint density at radius 3 is 2.70 bits per heavy atom. The van der Waals surface area contributed by atoms with Crippen LogP contribution in [0, 0.1) is 0 Å². The van der Waals surface area contributed by atoms with Crippen LogP contribution in [0.1, 0.15) is 27.2 Å². The summed E-state index contributed by atoms with van der Waals surface area (Å²) in [6.45, 7) is 0. The standard InChI is InChI=1S/C19H17F3N6O2/c1-28-16-13(15(27-28)17(23)29)4-3-9-8-24-18(26-14(9)16)25-11-5-10(19(20,21)22)6-12(7-11)30-2/h5-8H,3-4H2,1-2H3,(H2,23,29)(H,24,25,26). The van der Waals surface area contributed by atoms with Gasteiger partial charge < -0.3 is 15.8 Å². The van der Waals surface area contributed by atoms with E-state index in [9.17, 15) is 18.0 Å². The minimum absolute atomic E-state index is 0.0466. The molecule has 1 amide bonds. The van der Waals surface area contributed by atoms with Crippen LogP contribution >= 0.6 is 0 Å². The first kappa shape index (κ1) is 19.7. The summed E-state index contributed by atoms with van der Waals surface area (Å²) in [6.07, 6.45) is -1.77. The lowest BCUT2D eigenvalue weighted by Gasteiger charge is -2.18. The second-order valence-electron chi connectivity index (χ2n) is 6.80. The molecule has 1 aromatic carbocycles. The van der Waals surface area contributed by atoms with Gasteiger partial charge in [-0.1, -0.05) is 0 Å². The van der Waals surface area contributed by atoms with Gasteiger partial charge in [0.25, 0.3) is 5.91 Å². The number of aromatic nitrogens is 4. The van der Waals surface area contributed by atoms with Crippen LogP contribution in [0.25, 0.3) is 11.4 Å². The van der Waals surface area contributed by atoms with Gasteiger partial charge in [-0.2, -0.15) is 18.3 Å². The highest BCUT2D eigenvalue weighted by atomic mass is 19.4. The lowest BCUT2D eigenvalue weighted by Crippen LogP contribution is -2.16. The van der Waals surface area contributed by atoms with Crippen molar-refractivity contribution in [1.82, 2.24) is 19.7 Å². The summed E-state index contributed by atoms with van der Waals surface area (Å²) >= 11 is 0. The normalized spacial score (nSPS) is 12.8. The van der Waals surface area contributed by atoms with E-state index in [2.05, 4.69) is 20.4 Å². The molecule has 0 spiro atoms. The molecular weight excluding hydrogens is 401 g/mol. The Balaban J connectivity index is 1.75. The van der Waals surface area contributed by atoms with E-state index in [0.29, 0.717) is 29.8 Å². The van der Waals surface area contributed by atoms with Gasteiger partial charge in [-0.15, -0.1) is 0 Å². The average molecular weight is 418 g/mol. The van der Waals surface area contributed by atoms with Crippen LogP contribution in [0.5, 0.6) is 5.75 Å². The van der Waals surface area contributed by atoms with Crippen LogP contribution in [0.15, 0.2) is 24.4 Å². The molecule has 3 aromatic rings. The van der Waals surface area contributed by atoms with E-state index in [1.54, 1.807) is 13.2 Å². The number of benzene rings is 1. The first-order chi connectivity index (χ1) is 14.2. The van der Waals surface area contributed by atoms with Crippen LogP contribution in [-0.2, 0) is 26.1 Å². The molecule has 4 rings (SSSR count). The Kier molecular flexibility index (Phi) is 4.60. The van der Waals surface area contributed by atoms with Crippen molar-refractivity contribution in [3.8, 4) is 17.1 Å². The van der Waals surface area contributed by atoms with Crippen molar-refractivity contribution in [1.29, 1.82) is 0 Å². The number of nitrogens with one attached hydrogen (secondary N) is 1. The van der Waals surface area contributed by atoms with Crippen molar-refractivity contribution < 1.29 is 22.7 Å². The van der Waals surface area contributed by atoms with Gasteiger partial charge in [0.2, 0.25) is 5.95 Å². The fraction of sp³-hybridized carbons (Fsp3) is 0.263. The van der Waals surface area contributed by atoms with Gasteiger partial charge in [-0.3, -0.25) is 9.48 Å². The summed E-state index contributed by atoms with van der Waals surface area (Å²) in [5.41, 5.74) is 7.60. The van der Waals surface area contributed by atoms with E-state index in [4.69, 9.17) is 10.5 Å². The van der Waals surface area contributed by atoms with E-state index in [1.165, 1.54) is 17.9 Å². The Bertz CT molecular complexity index is 1160. The van der Waals surface area contributed by atoms with Crippen molar-refractivity contribution >= 4 is 17.5 Å². The summed E-state index contributed by atoms with van der Waals surface area (Å²) < 4.78 is 46.0. The molecule has 8 nitrogen and oxygen atoms in total. The number of primary amides is 1. The van der Waals surface area contributed by atoms with E-state index in [-0.39, 0.29) is 23.1 Å². The lowest BCUT2D eigenvalue weighted by molar-refractivity contribution is -0.137. The maximum atomic E-state index is 13.2. The van der Waals surface area contributed by atoms with Crippen LogP contribution in [-0.4, -0.2) is 32.8 Å². The largest absolute Gasteiger partial charge is 0.497 e. The highest BCUT2D eigenvalue weighted by Gasteiger charge is 2.32. The topological polar surface area (TPSA) is 108 Å². The Hall–Kier alpha value is -3.63. The maximum absolute atomic E-state index is 13.2. The van der Waals surface area contributed by atoms with Crippen molar-refractivity contribution in [2.45, 2.75) is 19.0 Å². The van der Waals surface area contributed by atoms with Crippen molar-refractivity contribution in [3.05, 3.63) is 46.8 Å². The molecule has 156 valence electrons. The number of amides is 1. The molecule has 0 saturated heterocycles. The minimum atomic E-state index is -4.53. The van der Waals surface area contributed by atoms with E-state index < -0.39 is 17.6 Å². The summed E-state index contributed by atoms with van der Waals surface area (Å²) in [7, 11) is 2.96. The summed E-state index contributed by atoms with van der Waals surface area (Å²) in [4.78, 5) is 20.4. The monoisotopic (exact) mass is 418 g/mol. The summed E-state index contributed by atoms with van der Waals surface area (Å²) in [6, 6.07) is 3.27. The number of hydrogen-bond acceptors (Lipinski definition) is 6. The molecule has 0 unspecified atom stereocenters. The fourth-order valence-electron chi connectivity index (χ4n) is 3.50. The van der Waals surface area contributed by atoms with E-state index in [1.807, 2.05) is 0 Å². The van der Waals surface area contributed by atoms with Gasteiger partial charge in [-0.05, 0) is 30.5 Å². The number of nitrogens with zero attached hydrogens (tertiary/aromatic N) is 4. The number of rotatable bonds is 4.